The molecule has 1 aliphatic rings. The van der Waals surface area contributed by atoms with Crippen LogP contribution in [0.2, 0.25) is 0 Å². The highest BCUT2D eigenvalue weighted by atomic mass is 16.5. The third-order valence-electron chi connectivity index (χ3n) is 3.38. The third-order valence-corrected chi connectivity index (χ3v) is 3.38. The van der Waals surface area contributed by atoms with Gasteiger partial charge in [0.05, 0.1) is 0 Å². The number of hydrogen-bond donors (Lipinski definition) is 3. The van der Waals surface area contributed by atoms with Crippen LogP contribution in [0.1, 0.15) is 30.6 Å². The van der Waals surface area contributed by atoms with Gasteiger partial charge < -0.3 is 25.0 Å². The fourth-order valence-corrected chi connectivity index (χ4v) is 2.26. The highest BCUT2D eigenvalue weighted by molar-refractivity contribution is 6.06. The van der Waals surface area contributed by atoms with E-state index in [9.17, 15) is 9.90 Å². The van der Waals surface area contributed by atoms with E-state index in [4.69, 9.17) is 14.6 Å². The van der Waals surface area contributed by atoms with Crippen molar-refractivity contribution in [2.24, 2.45) is 0 Å². The van der Waals surface area contributed by atoms with Gasteiger partial charge in [-0.3, -0.25) is 4.79 Å². The summed E-state index contributed by atoms with van der Waals surface area (Å²) in [6.07, 6.45) is -1.06. The largest absolute Gasteiger partial charge is 0.490 e. The van der Waals surface area contributed by atoms with Gasteiger partial charge in [0.15, 0.2) is 6.10 Å². The first-order valence-electron chi connectivity index (χ1n) is 7.52. The first kappa shape index (κ1) is 16.7. The molecular formula is C16H23NO5. The monoisotopic (exact) mass is 309 g/mol. The predicted octanol–water partition coefficient (Wildman–Crippen LogP) is 0.750. The van der Waals surface area contributed by atoms with Crippen LogP contribution in [0.25, 0.3) is 0 Å². The smallest absolute Gasteiger partial charge is 0.210 e. The number of ether oxygens (including phenoxy) is 2. The van der Waals surface area contributed by atoms with Crippen molar-refractivity contribution in [3.8, 4) is 11.5 Å². The van der Waals surface area contributed by atoms with E-state index >= 15 is 0 Å². The molecule has 0 aliphatic carbocycles. The molecule has 0 bridgehead atoms. The second kappa shape index (κ2) is 7.58. The molecule has 0 radical (unpaired) electrons. The standard InChI is InChI=1S/C16H23NO5/c1-10(2)17-8-11(19)9-21-12-4-3-5-13-15(12)16(20)14(22-13)6-7-18/h3-5,10-11,14,17-19H,6-9H2,1-2H3. The van der Waals surface area contributed by atoms with E-state index in [0.717, 1.165) is 0 Å². The molecule has 2 rings (SSSR count). The van der Waals surface area contributed by atoms with Gasteiger partial charge >= 0.3 is 0 Å². The van der Waals surface area contributed by atoms with Gasteiger partial charge in [-0.05, 0) is 12.1 Å². The Bertz CT molecular complexity index is 517. The quantitative estimate of drug-likeness (QED) is 0.657. The van der Waals surface area contributed by atoms with Crippen LogP contribution >= 0.6 is 0 Å². The lowest BCUT2D eigenvalue weighted by Gasteiger charge is -2.15. The van der Waals surface area contributed by atoms with Crippen molar-refractivity contribution < 1.29 is 24.5 Å². The van der Waals surface area contributed by atoms with Gasteiger partial charge in [0.25, 0.3) is 0 Å². The van der Waals surface area contributed by atoms with Crippen LogP contribution in [0, 0.1) is 0 Å². The number of carbonyl (C=O) groups is 1. The number of aliphatic hydroxyl groups is 2. The number of Topliss-reactive ketones (excluding diaryl/α,β-unsaturated/α-hetero) is 1. The summed E-state index contributed by atoms with van der Waals surface area (Å²) in [4.78, 5) is 12.3. The van der Waals surface area contributed by atoms with Crippen molar-refractivity contribution in [2.45, 2.75) is 38.5 Å². The minimum Gasteiger partial charge on any atom is -0.490 e. The molecule has 3 N–H and O–H groups in total. The first-order chi connectivity index (χ1) is 10.5. The van der Waals surface area contributed by atoms with E-state index in [-0.39, 0.29) is 31.5 Å². The van der Waals surface area contributed by atoms with Gasteiger partial charge in [-0.15, -0.1) is 0 Å². The number of benzene rings is 1. The Labute approximate surface area is 130 Å². The average Bonchev–Trinajstić information content (AvgIpc) is 2.80. The Balaban J connectivity index is 2.00. The Morgan fingerprint density at radius 3 is 2.86 bits per heavy atom. The van der Waals surface area contributed by atoms with Gasteiger partial charge in [-0.1, -0.05) is 19.9 Å². The number of rotatable bonds is 8. The second-order valence-electron chi connectivity index (χ2n) is 5.64. The zero-order chi connectivity index (χ0) is 16.1. The number of fused-ring (bicyclic) bond motifs is 1. The molecule has 1 aliphatic heterocycles. The van der Waals surface area contributed by atoms with E-state index in [1.807, 2.05) is 13.8 Å². The van der Waals surface area contributed by atoms with Crippen molar-refractivity contribution in [2.75, 3.05) is 19.8 Å². The lowest BCUT2D eigenvalue weighted by Crippen LogP contribution is -2.35. The molecule has 1 aromatic rings. The molecule has 2 unspecified atom stereocenters. The number of aliphatic hydroxyl groups excluding tert-OH is 2. The Hall–Kier alpha value is -1.63. The minimum absolute atomic E-state index is 0.0914. The number of nitrogens with one attached hydrogen (secondary N) is 1. The molecule has 6 heteroatoms. The van der Waals surface area contributed by atoms with E-state index < -0.39 is 12.2 Å². The van der Waals surface area contributed by atoms with Crippen LogP contribution in [-0.2, 0) is 0 Å². The molecule has 22 heavy (non-hydrogen) atoms. The molecule has 0 amide bonds. The molecule has 6 nitrogen and oxygen atoms in total. The number of hydrogen-bond acceptors (Lipinski definition) is 6. The molecule has 1 heterocycles. The molecule has 2 atom stereocenters. The van der Waals surface area contributed by atoms with Crippen LogP contribution in [0.15, 0.2) is 18.2 Å². The van der Waals surface area contributed by atoms with Crippen molar-refractivity contribution in [1.29, 1.82) is 0 Å². The van der Waals surface area contributed by atoms with Crippen LogP contribution in [0.5, 0.6) is 11.5 Å². The van der Waals surface area contributed by atoms with E-state index in [2.05, 4.69) is 5.32 Å². The molecule has 0 aromatic heterocycles. The maximum atomic E-state index is 12.3. The van der Waals surface area contributed by atoms with Gasteiger partial charge in [-0.25, -0.2) is 0 Å². The molecule has 0 saturated carbocycles. The van der Waals surface area contributed by atoms with Crippen LogP contribution in [0.4, 0.5) is 0 Å². The fraction of sp³-hybridized carbons (Fsp3) is 0.562. The van der Waals surface area contributed by atoms with Gasteiger partial charge in [0.2, 0.25) is 5.78 Å². The molecule has 1 aromatic carbocycles. The zero-order valence-electron chi connectivity index (χ0n) is 12.9. The molecule has 0 saturated heterocycles. The number of carbonyl (C=O) groups excluding carboxylic acids is 1. The average molecular weight is 309 g/mol. The summed E-state index contributed by atoms with van der Waals surface area (Å²) in [5.41, 5.74) is 0.393. The van der Waals surface area contributed by atoms with E-state index in [1.165, 1.54) is 0 Å². The molecule has 122 valence electrons. The fourth-order valence-electron chi connectivity index (χ4n) is 2.26. The van der Waals surface area contributed by atoms with Gasteiger partial charge in [-0.2, -0.15) is 0 Å². The molecular weight excluding hydrogens is 286 g/mol. The zero-order valence-corrected chi connectivity index (χ0v) is 12.9. The number of ketones is 1. The Morgan fingerprint density at radius 2 is 2.18 bits per heavy atom. The summed E-state index contributed by atoms with van der Waals surface area (Å²) >= 11 is 0. The summed E-state index contributed by atoms with van der Waals surface area (Å²) in [5, 5.41) is 22.0. The Morgan fingerprint density at radius 1 is 1.41 bits per heavy atom. The van der Waals surface area contributed by atoms with Crippen LogP contribution < -0.4 is 14.8 Å². The summed E-state index contributed by atoms with van der Waals surface area (Å²) in [5.74, 6) is 0.691. The summed E-state index contributed by atoms with van der Waals surface area (Å²) in [7, 11) is 0. The third kappa shape index (κ3) is 3.97. The lowest BCUT2D eigenvalue weighted by molar-refractivity contribution is 0.0806. The molecule has 0 fully saturated rings. The van der Waals surface area contributed by atoms with Crippen molar-refractivity contribution in [3.63, 3.8) is 0 Å². The SMILES string of the molecule is CC(C)NCC(O)COc1cccc2c1C(=O)C(CCO)O2. The highest BCUT2D eigenvalue weighted by Crippen LogP contribution is 2.36. The van der Waals surface area contributed by atoms with Crippen molar-refractivity contribution in [3.05, 3.63) is 23.8 Å². The summed E-state index contributed by atoms with van der Waals surface area (Å²) in [6, 6.07) is 5.41. The highest BCUT2D eigenvalue weighted by Gasteiger charge is 2.34. The predicted molar refractivity (Wildman–Crippen MR) is 81.5 cm³/mol. The van der Waals surface area contributed by atoms with Crippen LogP contribution in [-0.4, -0.2) is 54.0 Å². The maximum Gasteiger partial charge on any atom is 0.210 e. The van der Waals surface area contributed by atoms with Gasteiger partial charge in [0.1, 0.15) is 29.8 Å². The summed E-state index contributed by atoms with van der Waals surface area (Å²) in [6.45, 7) is 4.39. The van der Waals surface area contributed by atoms with Gasteiger partial charge in [0, 0.05) is 25.6 Å². The van der Waals surface area contributed by atoms with E-state index in [0.29, 0.717) is 23.6 Å². The second-order valence-corrected chi connectivity index (χ2v) is 5.64. The maximum absolute atomic E-state index is 12.3. The van der Waals surface area contributed by atoms with E-state index in [1.54, 1.807) is 18.2 Å². The normalized spacial score (nSPS) is 18.2. The summed E-state index contributed by atoms with van der Waals surface area (Å²) < 4.78 is 11.1. The van der Waals surface area contributed by atoms with Crippen molar-refractivity contribution in [1.82, 2.24) is 5.32 Å². The topological polar surface area (TPSA) is 88.0 Å². The minimum atomic E-state index is -0.663. The Kier molecular flexibility index (Phi) is 5.76. The van der Waals surface area contributed by atoms with Crippen molar-refractivity contribution >= 4 is 5.78 Å². The van der Waals surface area contributed by atoms with Crippen LogP contribution in [0.3, 0.4) is 0 Å². The molecule has 0 spiro atoms. The lowest BCUT2D eigenvalue weighted by atomic mass is 10.1. The first-order valence-corrected chi connectivity index (χ1v) is 7.52.